The average Bonchev–Trinajstić information content (AvgIpc) is 3.18. The van der Waals surface area contributed by atoms with Gasteiger partial charge in [0, 0.05) is 28.9 Å². The van der Waals surface area contributed by atoms with Gasteiger partial charge in [0.2, 0.25) is 0 Å². The van der Waals surface area contributed by atoms with E-state index in [1.54, 1.807) is 66.2 Å². The maximum absolute atomic E-state index is 12.8. The Balaban J connectivity index is 1.88. The Morgan fingerprint density at radius 2 is 1.75 bits per heavy atom. The van der Waals surface area contributed by atoms with Crippen molar-refractivity contribution >= 4 is 64.2 Å². The number of benzene rings is 2. The number of rotatable bonds is 7. The van der Waals surface area contributed by atoms with Gasteiger partial charge in [0.15, 0.2) is 5.78 Å². The van der Waals surface area contributed by atoms with Crippen LogP contribution in [0.3, 0.4) is 0 Å². The molecule has 1 unspecified atom stereocenters. The lowest BCUT2D eigenvalue weighted by Gasteiger charge is -2.17. The van der Waals surface area contributed by atoms with Gasteiger partial charge in [0.25, 0.3) is 5.91 Å². The van der Waals surface area contributed by atoms with Crippen molar-refractivity contribution in [1.29, 1.82) is 0 Å². The fraction of sp³-hybridized carbons (Fsp3) is 0.130. The predicted molar refractivity (Wildman–Crippen MR) is 131 cm³/mol. The van der Waals surface area contributed by atoms with Crippen molar-refractivity contribution in [3.63, 3.8) is 0 Å². The molecule has 0 aliphatic carbocycles. The largest absolute Gasteiger partial charge is 0.355 e. The summed E-state index contributed by atoms with van der Waals surface area (Å²) in [5, 5.41) is 3.66. The monoisotopic (exact) mass is 509 g/mol. The molecule has 0 spiro atoms. The standard InChI is InChI=1S/C23H19Cl4N3O2/c1-29-23(32)14-5-2-13(3-6-14)4-10-19(31)22(28)18-9-11-20(26)30(18)17-8-7-16(25)15(12-24)21(17)27/h2-11,22H,12,28H2,1H3,(H,29,32)/b10-4+. The maximum Gasteiger partial charge on any atom is 0.251 e. The lowest BCUT2D eigenvalue weighted by molar-refractivity contribution is -0.115. The minimum absolute atomic E-state index is 0.117. The second kappa shape index (κ2) is 10.6. The van der Waals surface area contributed by atoms with Gasteiger partial charge in [0.05, 0.1) is 16.6 Å². The van der Waals surface area contributed by atoms with Crippen molar-refractivity contribution in [3.8, 4) is 5.69 Å². The Morgan fingerprint density at radius 1 is 1.06 bits per heavy atom. The number of nitrogens with one attached hydrogen (secondary N) is 1. The molecule has 0 fully saturated rings. The first kappa shape index (κ1) is 24.4. The van der Waals surface area contributed by atoms with Crippen LogP contribution in [0.2, 0.25) is 15.2 Å². The van der Waals surface area contributed by atoms with Gasteiger partial charge in [-0.1, -0.05) is 53.0 Å². The van der Waals surface area contributed by atoms with Crippen molar-refractivity contribution in [2.45, 2.75) is 11.9 Å². The molecule has 5 nitrogen and oxygen atoms in total. The van der Waals surface area contributed by atoms with E-state index in [0.717, 1.165) is 5.56 Å². The number of hydrogen-bond acceptors (Lipinski definition) is 3. The molecule has 0 saturated carbocycles. The van der Waals surface area contributed by atoms with Crippen molar-refractivity contribution in [1.82, 2.24) is 9.88 Å². The van der Waals surface area contributed by atoms with Crippen LogP contribution >= 0.6 is 46.4 Å². The smallest absolute Gasteiger partial charge is 0.251 e. The fourth-order valence-electron chi connectivity index (χ4n) is 3.12. The molecule has 2 aromatic carbocycles. The summed E-state index contributed by atoms with van der Waals surface area (Å²) >= 11 is 25.0. The second-order valence-electron chi connectivity index (χ2n) is 6.82. The van der Waals surface area contributed by atoms with Gasteiger partial charge in [-0.3, -0.25) is 9.59 Å². The summed E-state index contributed by atoms with van der Waals surface area (Å²) in [6, 6.07) is 12.5. The normalized spacial score (nSPS) is 12.2. The van der Waals surface area contributed by atoms with E-state index in [-0.39, 0.29) is 17.6 Å². The van der Waals surface area contributed by atoms with Crippen molar-refractivity contribution in [2.75, 3.05) is 7.05 Å². The highest BCUT2D eigenvalue weighted by Crippen LogP contribution is 2.35. The van der Waals surface area contributed by atoms with Crippen LogP contribution in [0, 0.1) is 0 Å². The number of ketones is 1. The second-order valence-corrected chi connectivity index (χ2v) is 8.26. The van der Waals surface area contributed by atoms with Gasteiger partial charge in [0.1, 0.15) is 11.2 Å². The fourth-order valence-corrected chi connectivity index (χ4v) is 4.38. The van der Waals surface area contributed by atoms with E-state index in [9.17, 15) is 9.59 Å². The van der Waals surface area contributed by atoms with Crippen molar-refractivity contribution < 1.29 is 9.59 Å². The summed E-state index contributed by atoms with van der Waals surface area (Å²) in [6.07, 6.45) is 3.02. The number of amides is 1. The topological polar surface area (TPSA) is 77.1 Å². The van der Waals surface area contributed by atoms with Gasteiger partial charge in [-0.2, -0.15) is 0 Å². The van der Waals surface area contributed by atoms with E-state index in [4.69, 9.17) is 52.1 Å². The molecule has 0 saturated heterocycles. The van der Waals surface area contributed by atoms with Gasteiger partial charge < -0.3 is 15.6 Å². The Morgan fingerprint density at radius 3 is 2.38 bits per heavy atom. The van der Waals surface area contributed by atoms with Crippen molar-refractivity contribution in [3.05, 3.63) is 92.2 Å². The summed E-state index contributed by atoms with van der Waals surface area (Å²) < 4.78 is 1.60. The summed E-state index contributed by atoms with van der Waals surface area (Å²) in [5.74, 6) is -0.403. The van der Waals surface area contributed by atoms with Gasteiger partial charge >= 0.3 is 0 Å². The third-order valence-corrected chi connectivity index (χ3v) is 6.21. The molecule has 32 heavy (non-hydrogen) atoms. The predicted octanol–water partition coefficient (Wildman–Crippen LogP) is 5.82. The molecular formula is C23H19Cl4N3O2. The Hall–Kier alpha value is -2.28. The number of nitrogens with zero attached hydrogens (tertiary/aromatic N) is 1. The molecule has 1 atom stereocenters. The zero-order chi connectivity index (χ0) is 23.4. The zero-order valence-corrected chi connectivity index (χ0v) is 19.9. The lowest BCUT2D eigenvalue weighted by Crippen LogP contribution is -2.22. The number of carbonyl (C=O) groups excluding carboxylic acids is 2. The first-order valence-electron chi connectivity index (χ1n) is 9.48. The first-order valence-corrected chi connectivity index (χ1v) is 11.1. The van der Waals surface area contributed by atoms with Crippen LogP contribution in [0.25, 0.3) is 11.8 Å². The summed E-state index contributed by atoms with van der Waals surface area (Å²) in [6.45, 7) is 0. The molecular weight excluding hydrogens is 492 g/mol. The van der Waals surface area contributed by atoms with E-state index >= 15 is 0 Å². The Labute approximate surface area is 205 Å². The van der Waals surface area contributed by atoms with Crippen LogP contribution in [0.1, 0.15) is 33.2 Å². The highest BCUT2D eigenvalue weighted by atomic mass is 35.5. The van der Waals surface area contributed by atoms with E-state index in [2.05, 4.69) is 5.32 Å². The third-order valence-electron chi connectivity index (χ3n) is 4.87. The minimum atomic E-state index is -0.991. The highest BCUT2D eigenvalue weighted by molar-refractivity contribution is 6.38. The maximum atomic E-state index is 12.8. The molecule has 0 radical (unpaired) electrons. The highest BCUT2D eigenvalue weighted by Gasteiger charge is 2.22. The molecule has 3 N–H and O–H groups in total. The summed E-state index contributed by atoms with van der Waals surface area (Å²) in [4.78, 5) is 24.4. The lowest BCUT2D eigenvalue weighted by atomic mass is 10.1. The molecule has 0 aliphatic heterocycles. The molecule has 9 heteroatoms. The number of halogens is 4. The molecule has 166 valence electrons. The Bertz CT molecular complexity index is 1190. The van der Waals surface area contributed by atoms with Crippen LogP contribution in [-0.4, -0.2) is 23.3 Å². The number of alkyl halides is 1. The van der Waals surface area contributed by atoms with Gasteiger partial charge in [-0.05, 0) is 48.0 Å². The van der Waals surface area contributed by atoms with E-state index in [1.165, 1.54) is 6.08 Å². The van der Waals surface area contributed by atoms with Crippen molar-refractivity contribution in [2.24, 2.45) is 5.73 Å². The first-order chi connectivity index (χ1) is 15.3. The van der Waals surface area contributed by atoms with Crippen LogP contribution in [0.4, 0.5) is 0 Å². The number of aromatic nitrogens is 1. The van der Waals surface area contributed by atoms with Crippen LogP contribution in [0.15, 0.2) is 54.6 Å². The van der Waals surface area contributed by atoms with E-state index < -0.39 is 6.04 Å². The molecule has 0 aliphatic rings. The zero-order valence-electron chi connectivity index (χ0n) is 16.9. The van der Waals surface area contributed by atoms with Gasteiger partial charge in [-0.25, -0.2) is 0 Å². The van der Waals surface area contributed by atoms with Crippen LogP contribution < -0.4 is 11.1 Å². The van der Waals surface area contributed by atoms with E-state index in [0.29, 0.717) is 37.7 Å². The number of hydrogen-bond donors (Lipinski definition) is 2. The summed E-state index contributed by atoms with van der Waals surface area (Å²) in [7, 11) is 1.56. The van der Waals surface area contributed by atoms with E-state index in [1.807, 2.05) is 0 Å². The van der Waals surface area contributed by atoms with Gasteiger partial charge in [-0.15, -0.1) is 11.6 Å². The van der Waals surface area contributed by atoms with Crippen LogP contribution in [-0.2, 0) is 10.7 Å². The molecule has 1 heterocycles. The minimum Gasteiger partial charge on any atom is -0.355 e. The molecule has 1 amide bonds. The molecule has 3 aromatic rings. The third kappa shape index (κ3) is 5.03. The molecule has 3 rings (SSSR count). The Kier molecular flexibility index (Phi) is 8.04. The average molecular weight is 511 g/mol. The number of carbonyl (C=O) groups is 2. The SMILES string of the molecule is CNC(=O)c1ccc(/C=C/C(=O)C(N)c2ccc(Cl)n2-c2ccc(Cl)c(CCl)c2Cl)cc1. The van der Waals surface area contributed by atoms with Crippen LogP contribution in [0.5, 0.6) is 0 Å². The molecule has 0 bridgehead atoms. The summed E-state index contributed by atoms with van der Waals surface area (Å²) in [5.41, 5.74) is 9.07. The quantitative estimate of drug-likeness (QED) is 0.310. The molecule has 1 aromatic heterocycles. The number of nitrogens with two attached hydrogens (primary N) is 1.